The maximum Gasteiger partial charge on any atom is 0.335 e. The Morgan fingerprint density at radius 1 is 1.43 bits per heavy atom. The molecule has 0 aromatic carbocycles. The van der Waals surface area contributed by atoms with Crippen molar-refractivity contribution in [3.63, 3.8) is 0 Å². The van der Waals surface area contributed by atoms with Crippen LogP contribution in [0.2, 0.25) is 0 Å². The maximum absolute atomic E-state index is 11.7. The molecule has 1 saturated heterocycles. The lowest BCUT2D eigenvalue weighted by Crippen LogP contribution is -2.46. The van der Waals surface area contributed by atoms with Gasteiger partial charge in [-0.25, -0.2) is 9.69 Å². The van der Waals surface area contributed by atoms with Crippen LogP contribution in [0.25, 0.3) is 0 Å². The Labute approximate surface area is 90.2 Å². The van der Waals surface area contributed by atoms with Gasteiger partial charge < -0.3 is 0 Å². The van der Waals surface area contributed by atoms with Gasteiger partial charge in [-0.2, -0.15) is 0 Å². The van der Waals surface area contributed by atoms with Crippen molar-refractivity contribution >= 4 is 33.8 Å². The van der Waals surface area contributed by atoms with Crippen LogP contribution in [0.1, 0.15) is 20.8 Å². The van der Waals surface area contributed by atoms with Crippen LogP contribution in [-0.4, -0.2) is 38.6 Å². The number of amides is 4. The maximum atomic E-state index is 11.7. The van der Waals surface area contributed by atoms with Crippen molar-refractivity contribution < 1.29 is 14.4 Å². The quantitative estimate of drug-likeness (QED) is 0.401. The van der Waals surface area contributed by atoms with Crippen molar-refractivity contribution in [3.8, 4) is 0 Å². The minimum atomic E-state index is -1.07. The first-order chi connectivity index (χ1) is 6.34. The van der Waals surface area contributed by atoms with E-state index in [1.165, 1.54) is 6.92 Å². The molecule has 14 heavy (non-hydrogen) atoms. The Bertz CT molecular complexity index is 314. The molecule has 6 heteroatoms. The topological polar surface area (TPSA) is 57.7 Å². The van der Waals surface area contributed by atoms with Gasteiger partial charge in [0.15, 0.2) is 0 Å². The zero-order chi connectivity index (χ0) is 11.1. The summed E-state index contributed by atoms with van der Waals surface area (Å²) in [6, 6.07) is -0.565. The highest BCUT2D eigenvalue weighted by Crippen LogP contribution is 2.27. The highest BCUT2D eigenvalue weighted by molar-refractivity contribution is 9.09. The molecular weight excluding hydrogens is 252 g/mol. The predicted molar refractivity (Wildman–Crippen MR) is 52.6 cm³/mol. The van der Waals surface area contributed by atoms with Crippen molar-refractivity contribution in [2.75, 3.05) is 5.45 Å². The largest absolute Gasteiger partial charge is 0.335 e. The number of hydrogen-bond acceptors (Lipinski definition) is 3. The Hall–Kier alpha value is -0.910. The molecule has 1 aliphatic rings. The Balaban J connectivity index is 3.16. The van der Waals surface area contributed by atoms with Gasteiger partial charge >= 0.3 is 6.03 Å². The molecule has 0 bridgehead atoms. The lowest BCUT2D eigenvalue weighted by molar-refractivity contribution is -0.137. The van der Waals surface area contributed by atoms with E-state index in [1.807, 2.05) is 0 Å². The van der Waals surface area contributed by atoms with Gasteiger partial charge in [0.25, 0.3) is 5.91 Å². The molecule has 78 valence electrons. The predicted octanol–water partition coefficient (Wildman–Crippen LogP) is 0.928. The highest BCUT2D eigenvalue weighted by Gasteiger charge is 2.52. The number of halogens is 1. The van der Waals surface area contributed by atoms with Crippen LogP contribution >= 0.6 is 15.9 Å². The second-order valence-corrected chi connectivity index (χ2v) is 4.05. The van der Waals surface area contributed by atoms with E-state index >= 15 is 0 Å². The Morgan fingerprint density at radius 2 is 1.93 bits per heavy atom. The molecular formula is C8H11BrN2O3. The molecule has 1 fully saturated rings. The zero-order valence-electron chi connectivity index (χ0n) is 8.20. The number of hydrogen-bond donors (Lipinski definition) is 0. The van der Waals surface area contributed by atoms with Gasteiger partial charge in [0.2, 0.25) is 5.91 Å². The molecule has 0 saturated carbocycles. The molecule has 4 amide bonds. The molecule has 0 N–H and O–H groups in total. The van der Waals surface area contributed by atoms with E-state index in [0.29, 0.717) is 0 Å². The third kappa shape index (κ3) is 1.33. The minimum absolute atomic E-state index is 0.109. The first kappa shape index (κ1) is 11.2. The number of nitrogens with zero attached hydrogens (tertiary/aromatic N) is 2. The van der Waals surface area contributed by atoms with E-state index in [2.05, 4.69) is 15.9 Å². The van der Waals surface area contributed by atoms with E-state index in [4.69, 9.17) is 0 Å². The molecule has 1 heterocycles. The molecule has 5 nitrogen and oxygen atoms in total. The van der Waals surface area contributed by atoms with Crippen LogP contribution < -0.4 is 0 Å². The van der Waals surface area contributed by atoms with E-state index in [-0.39, 0.29) is 11.4 Å². The minimum Gasteiger partial charge on any atom is -0.275 e. The number of imide groups is 2. The van der Waals surface area contributed by atoms with Crippen LogP contribution in [0.5, 0.6) is 0 Å². The van der Waals surface area contributed by atoms with Crippen LogP contribution in [0.3, 0.4) is 0 Å². The monoisotopic (exact) mass is 262 g/mol. The summed E-state index contributed by atoms with van der Waals surface area (Å²) in [7, 11) is 0. The second kappa shape index (κ2) is 3.34. The third-order valence-corrected chi connectivity index (χ3v) is 2.69. The molecule has 0 radical (unpaired) electrons. The fraction of sp³-hybridized carbons (Fsp3) is 0.625. The number of urea groups is 1. The molecule has 1 rings (SSSR count). The van der Waals surface area contributed by atoms with E-state index in [1.54, 1.807) is 13.8 Å². The zero-order valence-corrected chi connectivity index (χ0v) is 9.79. The SMILES string of the molecule is CC(=O)N1C(=O)N(CBr)C(=O)C1(C)C. The van der Waals surface area contributed by atoms with Crippen LogP contribution in [0, 0.1) is 0 Å². The molecule has 0 unspecified atom stereocenters. The third-order valence-electron chi connectivity index (χ3n) is 2.18. The summed E-state index contributed by atoms with van der Waals surface area (Å²) in [5.41, 5.74) is -0.964. The van der Waals surface area contributed by atoms with E-state index in [0.717, 1.165) is 9.80 Å². The number of alkyl halides is 1. The molecule has 1 aliphatic heterocycles. The normalized spacial score (nSPS) is 20.6. The van der Waals surface area contributed by atoms with Crippen LogP contribution in [0.15, 0.2) is 0 Å². The average molecular weight is 263 g/mol. The van der Waals surface area contributed by atoms with E-state index < -0.39 is 17.5 Å². The molecule has 0 aromatic heterocycles. The van der Waals surface area contributed by atoms with Gasteiger partial charge in [-0.3, -0.25) is 14.5 Å². The first-order valence-corrected chi connectivity index (χ1v) is 5.19. The van der Waals surface area contributed by atoms with Crippen molar-refractivity contribution in [1.82, 2.24) is 9.80 Å². The summed E-state index contributed by atoms with van der Waals surface area (Å²) in [5.74, 6) is -0.786. The standard InChI is InChI=1S/C8H11BrN2O3/c1-5(12)11-7(14)10(4-9)6(13)8(11,2)3/h4H2,1-3H3. The summed E-state index contributed by atoms with van der Waals surface area (Å²) in [4.78, 5) is 36.4. The van der Waals surface area contributed by atoms with Gasteiger partial charge in [-0.15, -0.1) is 0 Å². The summed E-state index contributed by atoms with van der Waals surface area (Å²) in [5, 5.41) is 0. The average Bonchev–Trinajstić information content (AvgIpc) is 2.19. The van der Waals surface area contributed by atoms with Crippen LogP contribution in [0.4, 0.5) is 4.79 Å². The van der Waals surface area contributed by atoms with Gasteiger partial charge in [0.1, 0.15) is 5.54 Å². The summed E-state index contributed by atoms with van der Waals surface area (Å²) >= 11 is 3.03. The first-order valence-electron chi connectivity index (χ1n) is 4.06. The Morgan fingerprint density at radius 3 is 2.14 bits per heavy atom. The van der Waals surface area contributed by atoms with Crippen molar-refractivity contribution in [2.24, 2.45) is 0 Å². The van der Waals surface area contributed by atoms with Crippen LogP contribution in [-0.2, 0) is 9.59 Å². The number of carbonyl (C=O) groups excluding carboxylic acids is 3. The van der Waals surface area contributed by atoms with Gasteiger partial charge in [0, 0.05) is 6.92 Å². The summed E-state index contributed by atoms with van der Waals surface area (Å²) in [6.07, 6.45) is 0. The van der Waals surface area contributed by atoms with Crippen molar-refractivity contribution in [1.29, 1.82) is 0 Å². The van der Waals surface area contributed by atoms with Gasteiger partial charge in [0.05, 0.1) is 5.45 Å². The fourth-order valence-corrected chi connectivity index (χ4v) is 1.95. The van der Waals surface area contributed by atoms with Gasteiger partial charge in [-0.1, -0.05) is 15.9 Å². The van der Waals surface area contributed by atoms with Gasteiger partial charge in [-0.05, 0) is 13.8 Å². The lowest BCUT2D eigenvalue weighted by Gasteiger charge is -2.24. The smallest absolute Gasteiger partial charge is 0.275 e. The lowest BCUT2D eigenvalue weighted by atomic mass is 10.0. The molecule has 0 atom stereocenters. The van der Waals surface area contributed by atoms with Crippen molar-refractivity contribution in [2.45, 2.75) is 26.3 Å². The molecule has 0 aromatic rings. The fourth-order valence-electron chi connectivity index (χ4n) is 1.51. The highest BCUT2D eigenvalue weighted by atomic mass is 79.9. The summed E-state index contributed by atoms with van der Waals surface area (Å²) in [6.45, 7) is 4.37. The van der Waals surface area contributed by atoms with E-state index in [9.17, 15) is 14.4 Å². The van der Waals surface area contributed by atoms with Crippen molar-refractivity contribution in [3.05, 3.63) is 0 Å². The molecule has 0 spiro atoms. The Kier molecular flexibility index (Phi) is 2.67. The molecule has 0 aliphatic carbocycles. The number of rotatable bonds is 1. The summed E-state index contributed by atoms with van der Waals surface area (Å²) < 4.78 is 0. The second-order valence-electron chi connectivity index (χ2n) is 3.55. The number of carbonyl (C=O) groups is 3.